The second kappa shape index (κ2) is 7.07. The second-order valence-electron chi connectivity index (χ2n) is 5.44. The molecule has 2 aliphatic heterocycles. The molecular weight excluding hydrogens is 254 g/mol. The van der Waals surface area contributed by atoms with Crippen molar-refractivity contribution in [3.8, 4) is 5.75 Å². The van der Waals surface area contributed by atoms with Crippen molar-refractivity contribution in [1.82, 2.24) is 5.32 Å². The first kappa shape index (κ1) is 13.9. The van der Waals surface area contributed by atoms with E-state index in [4.69, 9.17) is 14.2 Å². The number of hydrogen-bond donors (Lipinski definition) is 1. The van der Waals surface area contributed by atoms with Crippen LogP contribution in [0.25, 0.3) is 0 Å². The summed E-state index contributed by atoms with van der Waals surface area (Å²) < 4.78 is 17.0. The molecule has 2 fully saturated rings. The van der Waals surface area contributed by atoms with Crippen molar-refractivity contribution in [2.45, 2.75) is 24.9 Å². The van der Waals surface area contributed by atoms with E-state index in [1.165, 1.54) is 18.4 Å². The number of ether oxygens (including phenoxy) is 3. The molecule has 4 nitrogen and oxygen atoms in total. The number of hydrogen-bond acceptors (Lipinski definition) is 4. The van der Waals surface area contributed by atoms with E-state index in [0.717, 1.165) is 18.8 Å². The van der Waals surface area contributed by atoms with Gasteiger partial charge in [-0.2, -0.15) is 0 Å². The zero-order valence-corrected chi connectivity index (χ0v) is 11.8. The van der Waals surface area contributed by atoms with Gasteiger partial charge in [0.05, 0.1) is 19.8 Å². The highest BCUT2D eigenvalue weighted by molar-refractivity contribution is 5.36. The van der Waals surface area contributed by atoms with Crippen LogP contribution in [-0.2, 0) is 9.47 Å². The molecule has 0 spiro atoms. The van der Waals surface area contributed by atoms with Gasteiger partial charge in [-0.05, 0) is 43.5 Å². The minimum Gasteiger partial charge on any atom is -0.490 e. The maximum Gasteiger partial charge on any atom is 0.122 e. The van der Waals surface area contributed by atoms with Crippen molar-refractivity contribution < 1.29 is 14.2 Å². The van der Waals surface area contributed by atoms with Crippen LogP contribution in [0.5, 0.6) is 5.75 Å². The molecule has 20 heavy (non-hydrogen) atoms. The molecule has 0 aliphatic carbocycles. The summed E-state index contributed by atoms with van der Waals surface area (Å²) in [5.41, 5.74) is 1.34. The normalized spacial score (nSPS) is 24.5. The van der Waals surface area contributed by atoms with E-state index in [0.29, 0.717) is 32.3 Å². The third-order valence-corrected chi connectivity index (χ3v) is 4.01. The quantitative estimate of drug-likeness (QED) is 0.913. The number of nitrogens with one attached hydrogen (secondary N) is 1. The van der Waals surface area contributed by atoms with Crippen molar-refractivity contribution in [3.63, 3.8) is 0 Å². The van der Waals surface area contributed by atoms with E-state index in [-0.39, 0.29) is 6.10 Å². The first-order valence-corrected chi connectivity index (χ1v) is 7.55. The lowest BCUT2D eigenvalue weighted by Gasteiger charge is -2.27. The Balaban J connectivity index is 1.62. The Hall–Kier alpha value is -1.10. The van der Waals surface area contributed by atoms with Crippen LogP contribution < -0.4 is 10.1 Å². The number of rotatable bonds is 4. The molecule has 0 aromatic heterocycles. The van der Waals surface area contributed by atoms with Gasteiger partial charge in [0, 0.05) is 0 Å². The molecule has 1 N–H and O–H groups in total. The van der Waals surface area contributed by atoms with Gasteiger partial charge < -0.3 is 19.5 Å². The maximum atomic E-state index is 6.00. The third kappa shape index (κ3) is 3.51. The van der Waals surface area contributed by atoms with E-state index < -0.39 is 0 Å². The molecule has 2 heterocycles. The summed E-state index contributed by atoms with van der Waals surface area (Å²) in [6.07, 6.45) is 2.43. The van der Waals surface area contributed by atoms with Crippen molar-refractivity contribution >= 4 is 0 Å². The van der Waals surface area contributed by atoms with E-state index in [9.17, 15) is 0 Å². The van der Waals surface area contributed by atoms with Crippen LogP contribution in [0.2, 0.25) is 0 Å². The van der Waals surface area contributed by atoms with Crippen LogP contribution in [-0.4, -0.2) is 45.6 Å². The van der Waals surface area contributed by atoms with E-state index in [1.807, 2.05) is 6.07 Å². The third-order valence-electron chi connectivity index (χ3n) is 4.01. The van der Waals surface area contributed by atoms with Crippen molar-refractivity contribution in [2.24, 2.45) is 0 Å². The molecule has 4 heteroatoms. The summed E-state index contributed by atoms with van der Waals surface area (Å²) in [4.78, 5) is 0. The molecule has 1 aromatic carbocycles. The Bertz CT molecular complexity index is 412. The molecule has 0 saturated carbocycles. The number of piperidine rings is 1. The summed E-state index contributed by atoms with van der Waals surface area (Å²) in [6.45, 7) is 4.76. The van der Waals surface area contributed by atoms with E-state index in [1.54, 1.807) is 0 Å². The molecule has 2 aliphatic rings. The molecule has 1 aromatic rings. The van der Waals surface area contributed by atoms with Crippen LogP contribution >= 0.6 is 0 Å². The Morgan fingerprint density at radius 2 is 2.00 bits per heavy atom. The van der Waals surface area contributed by atoms with E-state index in [2.05, 4.69) is 23.5 Å². The van der Waals surface area contributed by atoms with Gasteiger partial charge in [-0.1, -0.05) is 18.2 Å². The van der Waals surface area contributed by atoms with Crippen LogP contribution in [0.4, 0.5) is 0 Å². The van der Waals surface area contributed by atoms with E-state index >= 15 is 0 Å². The second-order valence-corrected chi connectivity index (χ2v) is 5.44. The predicted molar refractivity (Wildman–Crippen MR) is 77.3 cm³/mol. The lowest BCUT2D eigenvalue weighted by molar-refractivity contribution is -0.101. The Kier molecular flexibility index (Phi) is 4.90. The first-order valence-electron chi connectivity index (χ1n) is 7.55. The number of benzene rings is 1. The van der Waals surface area contributed by atoms with Crippen LogP contribution in [0, 0.1) is 0 Å². The van der Waals surface area contributed by atoms with Gasteiger partial charge in [-0.25, -0.2) is 0 Å². The Morgan fingerprint density at radius 1 is 1.15 bits per heavy atom. The highest BCUT2D eigenvalue weighted by Gasteiger charge is 2.20. The van der Waals surface area contributed by atoms with Crippen molar-refractivity contribution in [2.75, 3.05) is 39.5 Å². The van der Waals surface area contributed by atoms with Gasteiger partial charge in [-0.15, -0.1) is 0 Å². The van der Waals surface area contributed by atoms with Gasteiger partial charge in [0.2, 0.25) is 0 Å². The molecular formula is C16H23NO3. The minimum atomic E-state index is 0.0600. The molecule has 0 amide bonds. The monoisotopic (exact) mass is 277 g/mol. The number of para-hydroxylation sites is 1. The molecule has 1 atom stereocenters. The van der Waals surface area contributed by atoms with Crippen LogP contribution in [0.1, 0.15) is 24.3 Å². The average molecular weight is 277 g/mol. The van der Waals surface area contributed by atoms with Gasteiger partial charge in [0.15, 0.2) is 0 Å². The largest absolute Gasteiger partial charge is 0.490 e. The maximum absolute atomic E-state index is 6.00. The van der Waals surface area contributed by atoms with Gasteiger partial charge in [-0.3, -0.25) is 0 Å². The topological polar surface area (TPSA) is 39.7 Å². The lowest BCUT2D eigenvalue weighted by Crippen LogP contribution is -2.33. The zero-order valence-electron chi connectivity index (χ0n) is 11.8. The predicted octanol–water partition coefficient (Wildman–Crippen LogP) is 1.95. The lowest BCUT2D eigenvalue weighted by atomic mass is 9.89. The molecule has 0 bridgehead atoms. The molecule has 110 valence electrons. The highest BCUT2D eigenvalue weighted by Crippen LogP contribution is 2.32. The fourth-order valence-electron chi connectivity index (χ4n) is 2.90. The summed E-state index contributed by atoms with van der Waals surface area (Å²) >= 11 is 0. The summed E-state index contributed by atoms with van der Waals surface area (Å²) in [6, 6.07) is 8.41. The summed E-state index contributed by atoms with van der Waals surface area (Å²) in [5, 5.41) is 3.41. The Morgan fingerprint density at radius 3 is 2.80 bits per heavy atom. The molecule has 1 unspecified atom stereocenters. The van der Waals surface area contributed by atoms with Crippen LogP contribution in [0.3, 0.4) is 0 Å². The average Bonchev–Trinajstić information content (AvgIpc) is 2.55. The summed E-state index contributed by atoms with van der Waals surface area (Å²) in [5.74, 6) is 1.62. The molecule has 0 radical (unpaired) electrons. The standard InChI is InChI=1S/C16H23NO3/c1-2-4-16(20-12-14-11-18-9-10-19-14)15(3-1)13-5-7-17-8-6-13/h1-4,13-14,17H,5-12H2. The fourth-order valence-corrected chi connectivity index (χ4v) is 2.90. The SMILES string of the molecule is c1ccc(C2CCNCC2)c(OCC2COCCO2)c1. The smallest absolute Gasteiger partial charge is 0.122 e. The zero-order chi connectivity index (χ0) is 13.6. The van der Waals surface area contributed by atoms with Crippen molar-refractivity contribution in [3.05, 3.63) is 29.8 Å². The molecule has 2 saturated heterocycles. The van der Waals surface area contributed by atoms with Crippen LogP contribution in [0.15, 0.2) is 24.3 Å². The van der Waals surface area contributed by atoms with Gasteiger partial charge in [0.1, 0.15) is 18.5 Å². The Labute approximate surface area is 120 Å². The van der Waals surface area contributed by atoms with Crippen molar-refractivity contribution in [1.29, 1.82) is 0 Å². The minimum absolute atomic E-state index is 0.0600. The summed E-state index contributed by atoms with van der Waals surface area (Å²) in [7, 11) is 0. The van der Waals surface area contributed by atoms with Gasteiger partial charge in [0.25, 0.3) is 0 Å². The molecule has 3 rings (SSSR count). The highest BCUT2D eigenvalue weighted by atomic mass is 16.6. The van der Waals surface area contributed by atoms with Gasteiger partial charge >= 0.3 is 0 Å². The first-order chi connectivity index (χ1) is 9.93. The fraction of sp³-hybridized carbons (Fsp3) is 0.625.